The molecule has 4 rings (SSSR count). The fourth-order valence-corrected chi connectivity index (χ4v) is 9.26. The Bertz CT molecular complexity index is 622. The summed E-state index contributed by atoms with van der Waals surface area (Å²) in [6.07, 6.45) is 18.4. The first kappa shape index (κ1) is 22.9. The highest BCUT2D eigenvalue weighted by Crippen LogP contribution is 2.67. The van der Waals surface area contributed by atoms with Gasteiger partial charge in [-0.1, -0.05) is 66.5 Å². The summed E-state index contributed by atoms with van der Waals surface area (Å²) in [5, 5.41) is 10.3. The normalized spacial score (nSPS) is 47.5. The van der Waals surface area contributed by atoms with Gasteiger partial charge in [-0.3, -0.25) is 0 Å². The largest absolute Gasteiger partial charge is 0.393 e. The number of hydrogen-bond acceptors (Lipinski definition) is 1. The minimum absolute atomic E-state index is 0.0624. The minimum atomic E-state index is -0.0624. The van der Waals surface area contributed by atoms with Crippen LogP contribution in [0.4, 0.5) is 0 Å². The van der Waals surface area contributed by atoms with Gasteiger partial charge in [0.05, 0.1) is 6.10 Å². The molecule has 1 nitrogen and oxygen atoms in total. The molecule has 4 aliphatic rings. The highest BCUT2D eigenvalue weighted by atomic mass is 16.3. The fourth-order valence-electron chi connectivity index (χ4n) is 9.26. The molecule has 4 aliphatic carbocycles. The van der Waals surface area contributed by atoms with E-state index in [1.807, 2.05) is 0 Å². The molecule has 1 heteroatoms. The molecule has 0 radical (unpaired) electrons. The van der Waals surface area contributed by atoms with E-state index < -0.39 is 0 Å². The molecule has 0 unspecified atom stereocenters. The smallest absolute Gasteiger partial charge is 0.0546 e. The van der Waals surface area contributed by atoms with E-state index in [-0.39, 0.29) is 6.10 Å². The summed E-state index contributed by atoms with van der Waals surface area (Å²) in [4.78, 5) is 0. The van der Waals surface area contributed by atoms with E-state index in [0.717, 1.165) is 54.3 Å². The maximum atomic E-state index is 10.3. The van der Waals surface area contributed by atoms with Crippen molar-refractivity contribution in [3.63, 3.8) is 0 Å². The Hall–Kier alpha value is -0.300. The quantitative estimate of drug-likeness (QED) is 0.438. The zero-order chi connectivity index (χ0) is 21.7. The lowest BCUT2D eigenvalue weighted by molar-refractivity contribution is -0.0814. The molecular formula is C29H50O. The summed E-state index contributed by atoms with van der Waals surface area (Å²) in [5.74, 6) is 6.73. The van der Waals surface area contributed by atoms with Crippen molar-refractivity contribution >= 4 is 0 Å². The molecule has 1 N–H and O–H groups in total. The van der Waals surface area contributed by atoms with Crippen LogP contribution < -0.4 is 0 Å². The van der Waals surface area contributed by atoms with Crippen molar-refractivity contribution in [2.45, 2.75) is 112 Å². The first-order chi connectivity index (χ1) is 14.2. The van der Waals surface area contributed by atoms with Crippen LogP contribution in [0.5, 0.6) is 0 Å². The Morgan fingerprint density at radius 1 is 0.900 bits per heavy atom. The molecule has 0 saturated heterocycles. The van der Waals surface area contributed by atoms with Crippen molar-refractivity contribution in [1.82, 2.24) is 0 Å². The number of aliphatic hydroxyl groups excluding tert-OH is 1. The molecule has 0 aliphatic heterocycles. The van der Waals surface area contributed by atoms with Gasteiger partial charge in [-0.15, -0.1) is 0 Å². The van der Waals surface area contributed by atoms with Crippen LogP contribution in [-0.4, -0.2) is 11.2 Å². The van der Waals surface area contributed by atoms with E-state index in [0.29, 0.717) is 16.7 Å². The van der Waals surface area contributed by atoms with Gasteiger partial charge in [0.25, 0.3) is 0 Å². The molecule has 0 aromatic carbocycles. The molecule has 3 fully saturated rings. The van der Waals surface area contributed by atoms with Crippen molar-refractivity contribution in [1.29, 1.82) is 0 Å². The summed E-state index contributed by atoms with van der Waals surface area (Å²) < 4.78 is 0. The van der Waals surface area contributed by atoms with E-state index in [1.54, 1.807) is 0 Å². The highest BCUT2D eigenvalue weighted by molar-refractivity contribution is 5.18. The van der Waals surface area contributed by atoms with E-state index >= 15 is 0 Å². The molecule has 0 aromatic heterocycles. The minimum Gasteiger partial charge on any atom is -0.393 e. The Kier molecular flexibility index (Phi) is 6.53. The second kappa shape index (κ2) is 8.57. The third-order valence-electron chi connectivity index (χ3n) is 11.4. The molecule has 10 atom stereocenters. The maximum absolute atomic E-state index is 10.3. The maximum Gasteiger partial charge on any atom is 0.0546 e. The van der Waals surface area contributed by atoms with E-state index in [2.05, 4.69) is 53.7 Å². The Morgan fingerprint density at radius 3 is 2.30 bits per heavy atom. The molecule has 172 valence electrons. The van der Waals surface area contributed by atoms with Gasteiger partial charge in [0.1, 0.15) is 0 Å². The highest BCUT2D eigenvalue weighted by Gasteiger charge is 2.59. The van der Waals surface area contributed by atoms with Gasteiger partial charge in [0.2, 0.25) is 0 Å². The summed E-state index contributed by atoms with van der Waals surface area (Å²) in [5.41, 5.74) is 0.997. The number of aliphatic hydroxyl groups is 1. The molecule has 30 heavy (non-hydrogen) atoms. The first-order valence-electron chi connectivity index (χ1n) is 13.6. The van der Waals surface area contributed by atoms with Crippen molar-refractivity contribution < 1.29 is 5.11 Å². The predicted molar refractivity (Wildman–Crippen MR) is 128 cm³/mol. The van der Waals surface area contributed by atoms with Crippen LogP contribution >= 0.6 is 0 Å². The Morgan fingerprint density at radius 2 is 1.60 bits per heavy atom. The summed E-state index contributed by atoms with van der Waals surface area (Å²) in [6.45, 7) is 15.1. The monoisotopic (exact) mass is 414 g/mol. The average molecular weight is 415 g/mol. The molecule has 3 saturated carbocycles. The van der Waals surface area contributed by atoms with Crippen molar-refractivity contribution in [3.05, 3.63) is 12.2 Å². The molecule has 0 amide bonds. The summed E-state index contributed by atoms with van der Waals surface area (Å²) in [6, 6.07) is 0. The predicted octanol–water partition coefficient (Wildman–Crippen LogP) is 7.88. The molecule has 0 bridgehead atoms. The SMILES string of the molecule is CC[C@@H](CC[C@H](C)[C@H]1CC[C@H]2[C@@H]3C=C[C@@H]4C[C@@H](O)CC[C@]4(C)[C@H]3CC[C@]12C)C(C)C. The second-order valence-corrected chi connectivity index (χ2v) is 12.9. The zero-order valence-electron chi connectivity index (χ0n) is 20.9. The summed E-state index contributed by atoms with van der Waals surface area (Å²) >= 11 is 0. The van der Waals surface area contributed by atoms with Crippen LogP contribution in [0.15, 0.2) is 12.2 Å². The summed E-state index contributed by atoms with van der Waals surface area (Å²) in [7, 11) is 0. The molecule has 0 aromatic rings. The number of fused-ring (bicyclic) bond motifs is 5. The van der Waals surface area contributed by atoms with Crippen LogP contribution in [0.25, 0.3) is 0 Å². The van der Waals surface area contributed by atoms with Crippen LogP contribution in [0.3, 0.4) is 0 Å². The third kappa shape index (κ3) is 3.74. The van der Waals surface area contributed by atoms with Gasteiger partial charge < -0.3 is 5.11 Å². The van der Waals surface area contributed by atoms with Crippen LogP contribution in [0.2, 0.25) is 0 Å². The number of allylic oxidation sites excluding steroid dienone is 2. The molecule has 0 heterocycles. The Balaban J connectivity index is 1.48. The lowest BCUT2D eigenvalue weighted by Gasteiger charge is -2.59. The van der Waals surface area contributed by atoms with Gasteiger partial charge in [0, 0.05) is 0 Å². The van der Waals surface area contributed by atoms with E-state index in [9.17, 15) is 5.11 Å². The standard InChI is InChI=1S/C29H50O/c1-7-21(19(2)3)9-8-20(4)25-12-13-26-24-11-10-22-18-23(30)14-16-28(22,5)27(24)15-17-29(25,26)6/h10-11,19-27,30H,7-9,12-18H2,1-6H3/t20-,21-,22+,23-,24-,25+,26-,27-,28-,29+/m0/s1. The van der Waals surface area contributed by atoms with Crippen molar-refractivity contribution in [2.75, 3.05) is 0 Å². The van der Waals surface area contributed by atoms with Gasteiger partial charge in [-0.05, 0) is 110 Å². The number of rotatable bonds is 6. The zero-order valence-corrected chi connectivity index (χ0v) is 20.9. The third-order valence-corrected chi connectivity index (χ3v) is 11.4. The lowest BCUT2D eigenvalue weighted by atomic mass is 9.46. The first-order valence-corrected chi connectivity index (χ1v) is 13.6. The van der Waals surface area contributed by atoms with Crippen LogP contribution in [0, 0.1) is 58.2 Å². The van der Waals surface area contributed by atoms with E-state index in [4.69, 9.17) is 0 Å². The van der Waals surface area contributed by atoms with Crippen molar-refractivity contribution in [2.24, 2.45) is 58.2 Å². The van der Waals surface area contributed by atoms with Crippen LogP contribution in [-0.2, 0) is 0 Å². The Labute approximate surface area is 187 Å². The second-order valence-electron chi connectivity index (χ2n) is 12.9. The topological polar surface area (TPSA) is 20.2 Å². The molecule has 0 spiro atoms. The van der Waals surface area contributed by atoms with Gasteiger partial charge in [-0.25, -0.2) is 0 Å². The number of hydrogen-bond donors (Lipinski definition) is 1. The van der Waals surface area contributed by atoms with Crippen molar-refractivity contribution in [3.8, 4) is 0 Å². The average Bonchev–Trinajstić information content (AvgIpc) is 3.06. The van der Waals surface area contributed by atoms with E-state index in [1.165, 1.54) is 51.4 Å². The van der Waals surface area contributed by atoms with Gasteiger partial charge in [0.15, 0.2) is 0 Å². The van der Waals surface area contributed by atoms with Crippen LogP contribution in [0.1, 0.15) is 106 Å². The van der Waals surface area contributed by atoms with Gasteiger partial charge >= 0.3 is 0 Å². The molecular weight excluding hydrogens is 364 g/mol. The lowest BCUT2D eigenvalue weighted by Crippen LogP contribution is -2.52. The van der Waals surface area contributed by atoms with Gasteiger partial charge in [-0.2, -0.15) is 0 Å². The fraction of sp³-hybridized carbons (Fsp3) is 0.931.